The van der Waals surface area contributed by atoms with E-state index in [4.69, 9.17) is 0 Å². The number of hydrogen-bond donors (Lipinski definition) is 2. The van der Waals surface area contributed by atoms with Crippen molar-refractivity contribution in [3.8, 4) is 0 Å². The third-order valence-electron chi connectivity index (χ3n) is 2.41. The quantitative estimate of drug-likeness (QED) is 0.730. The number of nitrogens with one attached hydrogen (secondary N) is 2. The van der Waals surface area contributed by atoms with Gasteiger partial charge in [-0.25, -0.2) is 0 Å². The van der Waals surface area contributed by atoms with Crippen LogP contribution < -0.4 is 5.32 Å². The standard InChI is InChI=1S/C10H11N3/c1-2-7-6-11-13-10(7)9(3-1)12-8-4-5-8/h1-3,6,8,12H,4-5H2,(H,11,13). The van der Waals surface area contributed by atoms with E-state index in [-0.39, 0.29) is 0 Å². The summed E-state index contributed by atoms with van der Waals surface area (Å²) in [4.78, 5) is 0. The van der Waals surface area contributed by atoms with Crippen LogP contribution in [-0.4, -0.2) is 16.2 Å². The molecule has 0 bridgehead atoms. The molecule has 0 unspecified atom stereocenters. The van der Waals surface area contributed by atoms with E-state index in [2.05, 4.69) is 33.7 Å². The third-order valence-corrected chi connectivity index (χ3v) is 2.41. The van der Waals surface area contributed by atoms with E-state index in [1.54, 1.807) is 0 Å². The van der Waals surface area contributed by atoms with Crippen molar-refractivity contribution in [1.29, 1.82) is 0 Å². The lowest BCUT2D eigenvalue weighted by atomic mass is 10.2. The number of para-hydroxylation sites is 1. The molecule has 0 atom stereocenters. The normalized spacial score (nSPS) is 16.3. The Labute approximate surface area is 76.1 Å². The Morgan fingerprint density at radius 3 is 3.15 bits per heavy atom. The van der Waals surface area contributed by atoms with Gasteiger partial charge in [-0.3, -0.25) is 5.10 Å². The molecule has 1 saturated carbocycles. The van der Waals surface area contributed by atoms with Crippen LogP contribution in [0.5, 0.6) is 0 Å². The van der Waals surface area contributed by atoms with Gasteiger partial charge in [-0.15, -0.1) is 0 Å². The molecular weight excluding hydrogens is 162 g/mol. The molecule has 13 heavy (non-hydrogen) atoms. The average Bonchev–Trinajstić information content (AvgIpc) is 2.83. The van der Waals surface area contributed by atoms with Crippen LogP contribution in [0.4, 0.5) is 5.69 Å². The predicted molar refractivity (Wildman–Crippen MR) is 52.7 cm³/mol. The zero-order valence-electron chi connectivity index (χ0n) is 7.25. The monoisotopic (exact) mass is 173 g/mol. The molecule has 1 fully saturated rings. The Kier molecular flexibility index (Phi) is 1.33. The van der Waals surface area contributed by atoms with Gasteiger partial charge in [0, 0.05) is 11.4 Å². The molecule has 0 radical (unpaired) electrons. The minimum atomic E-state index is 0.689. The van der Waals surface area contributed by atoms with E-state index in [0.29, 0.717) is 6.04 Å². The number of H-pyrrole nitrogens is 1. The average molecular weight is 173 g/mol. The highest BCUT2D eigenvalue weighted by atomic mass is 15.1. The molecular formula is C10H11N3. The van der Waals surface area contributed by atoms with Crippen LogP contribution in [-0.2, 0) is 0 Å². The molecule has 0 saturated heterocycles. The first kappa shape index (κ1) is 6.95. The molecule has 2 aromatic rings. The molecule has 2 N–H and O–H groups in total. The molecule has 3 heteroatoms. The fourth-order valence-corrected chi connectivity index (χ4v) is 1.54. The molecule has 3 rings (SSSR count). The zero-order valence-corrected chi connectivity index (χ0v) is 7.25. The molecule has 0 amide bonds. The van der Waals surface area contributed by atoms with Gasteiger partial charge in [-0.05, 0) is 18.9 Å². The maximum atomic E-state index is 4.02. The van der Waals surface area contributed by atoms with Crippen molar-refractivity contribution in [2.24, 2.45) is 0 Å². The number of fused-ring (bicyclic) bond motifs is 1. The summed E-state index contributed by atoms with van der Waals surface area (Å²) in [5.74, 6) is 0. The third kappa shape index (κ3) is 1.16. The second-order valence-corrected chi connectivity index (χ2v) is 3.56. The van der Waals surface area contributed by atoms with Gasteiger partial charge in [0.1, 0.15) is 0 Å². The first-order valence-electron chi connectivity index (χ1n) is 4.62. The Morgan fingerprint density at radius 2 is 2.31 bits per heavy atom. The fraction of sp³-hybridized carbons (Fsp3) is 0.300. The van der Waals surface area contributed by atoms with Gasteiger partial charge in [0.2, 0.25) is 0 Å². The van der Waals surface area contributed by atoms with Gasteiger partial charge in [0.25, 0.3) is 0 Å². The van der Waals surface area contributed by atoms with Gasteiger partial charge >= 0.3 is 0 Å². The van der Waals surface area contributed by atoms with Gasteiger partial charge < -0.3 is 5.32 Å². The molecule has 66 valence electrons. The fourth-order valence-electron chi connectivity index (χ4n) is 1.54. The van der Waals surface area contributed by atoms with Crippen molar-refractivity contribution in [2.45, 2.75) is 18.9 Å². The highest BCUT2D eigenvalue weighted by molar-refractivity contribution is 5.90. The number of aromatic amines is 1. The van der Waals surface area contributed by atoms with E-state index in [9.17, 15) is 0 Å². The van der Waals surface area contributed by atoms with Crippen molar-refractivity contribution >= 4 is 16.6 Å². The summed E-state index contributed by atoms with van der Waals surface area (Å²) in [6, 6.07) is 6.91. The summed E-state index contributed by atoms with van der Waals surface area (Å²) >= 11 is 0. The predicted octanol–water partition coefficient (Wildman–Crippen LogP) is 2.14. The molecule has 1 aliphatic carbocycles. The van der Waals surface area contributed by atoms with E-state index < -0.39 is 0 Å². The van der Waals surface area contributed by atoms with E-state index in [1.807, 2.05) is 6.20 Å². The zero-order chi connectivity index (χ0) is 8.67. The molecule has 0 aliphatic heterocycles. The topological polar surface area (TPSA) is 40.7 Å². The number of benzene rings is 1. The van der Waals surface area contributed by atoms with Crippen LogP contribution in [0.1, 0.15) is 12.8 Å². The van der Waals surface area contributed by atoms with Crippen molar-refractivity contribution in [3.63, 3.8) is 0 Å². The van der Waals surface area contributed by atoms with Crippen molar-refractivity contribution < 1.29 is 0 Å². The molecule has 0 spiro atoms. The van der Waals surface area contributed by atoms with Crippen LogP contribution in [0, 0.1) is 0 Å². The summed E-state index contributed by atoms with van der Waals surface area (Å²) in [5.41, 5.74) is 2.30. The Bertz CT molecular complexity index is 428. The highest BCUT2D eigenvalue weighted by Crippen LogP contribution is 2.28. The molecule has 1 aromatic carbocycles. The molecule has 1 heterocycles. The number of rotatable bonds is 2. The number of aromatic nitrogens is 2. The summed E-state index contributed by atoms with van der Waals surface area (Å²) in [7, 11) is 0. The number of anilines is 1. The SMILES string of the molecule is c1cc(NC2CC2)c2[nH]ncc2c1. The Hall–Kier alpha value is -1.51. The lowest BCUT2D eigenvalue weighted by Crippen LogP contribution is -2.00. The van der Waals surface area contributed by atoms with Gasteiger partial charge in [0.05, 0.1) is 17.4 Å². The van der Waals surface area contributed by atoms with Gasteiger partial charge in [-0.2, -0.15) is 5.10 Å². The van der Waals surface area contributed by atoms with E-state index in [0.717, 1.165) is 5.52 Å². The number of nitrogens with zero attached hydrogens (tertiary/aromatic N) is 1. The highest BCUT2D eigenvalue weighted by Gasteiger charge is 2.21. The van der Waals surface area contributed by atoms with E-state index >= 15 is 0 Å². The Morgan fingerprint density at radius 1 is 1.38 bits per heavy atom. The van der Waals surface area contributed by atoms with Crippen molar-refractivity contribution in [3.05, 3.63) is 24.4 Å². The van der Waals surface area contributed by atoms with Crippen molar-refractivity contribution in [1.82, 2.24) is 10.2 Å². The minimum absolute atomic E-state index is 0.689. The van der Waals surface area contributed by atoms with Crippen molar-refractivity contribution in [2.75, 3.05) is 5.32 Å². The lowest BCUT2D eigenvalue weighted by Gasteiger charge is -2.04. The largest absolute Gasteiger partial charge is 0.381 e. The summed E-state index contributed by atoms with van der Waals surface area (Å²) in [6.07, 6.45) is 4.45. The molecule has 3 nitrogen and oxygen atoms in total. The summed E-state index contributed by atoms with van der Waals surface area (Å²) in [5, 5.41) is 11.7. The van der Waals surface area contributed by atoms with E-state index in [1.165, 1.54) is 23.9 Å². The lowest BCUT2D eigenvalue weighted by molar-refractivity contribution is 1.11. The van der Waals surface area contributed by atoms with Crippen LogP contribution in [0.15, 0.2) is 24.4 Å². The van der Waals surface area contributed by atoms with Crippen LogP contribution in [0.3, 0.4) is 0 Å². The van der Waals surface area contributed by atoms with Gasteiger partial charge in [0.15, 0.2) is 0 Å². The number of hydrogen-bond acceptors (Lipinski definition) is 2. The summed E-state index contributed by atoms with van der Waals surface area (Å²) < 4.78 is 0. The molecule has 1 aliphatic rings. The second kappa shape index (κ2) is 2.49. The van der Waals surface area contributed by atoms with Gasteiger partial charge in [-0.1, -0.05) is 12.1 Å². The second-order valence-electron chi connectivity index (χ2n) is 3.56. The Balaban J connectivity index is 2.09. The molecule has 1 aromatic heterocycles. The minimum Gasteiger partial charge on any atom is -0.381 e. The maximum absolute atomic E-state index is 4.02. The maximum Gasteiger partial charge on any atom is 0.0881 e. The van der Waals surface area contributed by atoms with Crippen LogP contribution in [0.2, 0.25) is 0 Å². The first-order chi connectivity index (χ1) is 6.43. The van der Waals surface area contributed by atoms with Crippen LogP contribution >= 0.6 is 0 Å². The smallest absolute Gasteiger partial charge is 0.0881 e. The summed E-state index contributed by atoms with van der Waals surface area (Å²) in [6.45, 7) is 0. The van der Waals surface area contributed by atoms with Crippen LogP contribution in [0.25, 0.3) is 10.9 Å². The first-order valence-corrected chi connectivity index (χ1v) is 4.62.